The van der Waals surface area contributed by atoms with Gasteiger partial charge in [0.25, 0.3) is 0 Å². The Balaban J connectivity index is 1.50. The van der Waals surface area contributed by atoms with Gasteiger partial charge in [-0.15, -0.1) is 0 Å². The predicted octanol–water partition coefficient (Wildman–Crippen LogP) is 9.24. The molecule has 0 spiro atoms. The summed E-state index contributed by atoms with van der Waals surface area (Å²) < 4.78 is 0. The van der Waals surface area contributed by atoms with Gasteiger partial charge in [-0.25, -0.2) is 0 Å². The molecule has 2 N–H and O–H groups in total. The second kappa shape index (κ2) is 9.78. The van der Waals surface area contributed by atoms with Crippen molar-refractivity contribution in [1.82, 2.24) is 0 Å². The number of nitrogens with two attached hydrogens (primary N) is 1. The molecule has 10 atom stereocenters. The van der Waals surface area contributed by atoms with Crippen molar-refractivity contribution in [1.29, 1.82) is 0 Å². The molecule has 4 aliphatic rings. The molecule has 4 aliphatic carbocycles. The van der Waals surface area contributed by atoms with Gasteiger partial charge in [-0.1, -0.05) is 87.0 Å². The number of unbranched alkanes of at least 4 members (excludes halogenated alkanes) is 1. The van der Waals surface area contributed by atoms with Crippen LogP contribution < -0.4 is 5.73 Å². The summed E-state index contributed by atoms with van der Waals surface area (Å²) >= 11 is 0. The SMILES string of the molecule is CCCCC1CCC2(C)C3CCC4(C)C(C(C)CCCC(C)C)CCC4C3C(N)C[C@@]2(C)C1. The Labute approximate surface area is 207 Å². The van der Waals surface area contributed by atoms with Crippen LogP contribution in [0.3, 0.4) is 0 Å². The van der Waals surface area contributed by atoms with Crippen LogP contribution in [0.4, 0.5) is 0 Å². The van der Waals surface area contributed by atoms with Crippen molar-refractivity contribution in [3.63, 3.8) is 0 Å². The van der Waals surface area contributed by atoms with Gasteiger partial charge >= 0.3 is 0 Å². The summed E-state index contributed by atoms with van der Waals surface area (Å²) in [6.45, 7) is 17.8. The van der Waals surface area contributed by atoms with Gasteiger partial charge in [0.2, 0.25) is 0 Å². The highest BCUT2D eigenvalue weighted by atomic mass is 14.8. The van der Waals surface area contributed by atoms with E-state index in [-0.39, 0.29) is 0 Å². The Hall–Kier alpha value is -0.0400. The van der Waals surface area contributed by atoms with Crippen LogP contribution in [0.2, 0.25) is 0 Å². The Kier molecular flexibility index (Phi) is 7.72. The quantitative estimate of drug-likeness (QED) is 0.386. The van der Waals surface area contributed by atoms with Crippen molar-refractivity contribution in [2.45, 2.75) is 144 Å². The summed E-state index contributed by atoms with van der Waals surface area (Å²) in [5.74, 6) is 6.21. The first kappa shape index (κ1) is 26.0. The maximum atomic E-state index is 7.24. The Morgan fingerprint density at radius 3 is 2.30 bits per heavy atom. The van der Waals surface area contributed by atoms with Crippen molar-refractivity contribution in [3.05, 3.63) is 0 Å². The van der Waals surface area contributed by atoms with Crippen LogP contribution in [-0.2, 0) is 0 Å². The second-order valence-corrected chi connectivity index (χ2v) is 14.9. The predicted molar refractivity (Wildman–Crippen MR) is 144 cm³/mol. The van der Waals surface area contributed by atoms with Gasteiger partial charge in [0, 0.05) is 6.04 Å². The first-order valence-corrected chi connectivity index (χ1v) is 15.3. The maximum absolute atomic E-state index is 7.24. The van der Waals surface area contributed by atoms with Gasteiger partial charge in [0.15, 0.2) is 0 Å². The third-order valence-electron chi connectivity index (χ3n) is 12.7. The first-order valence-electron chi connectivity index (χ1n) is 15.3. The van der Waals surface area contributed by atoms with Gasteiger partial charge in [-0.3, -0.25) is 0 Å². The Bertz CT molecular complexity index is 655. The molecule has 4 rings (SSSR count). The van der Waals surface area contributed by atoms with E-state index in [0.717, 1.165) is 41.4 Å². The van der Waals surface area contributed by atoms with Gasteiger partial charge in [-0.2, -0.15) is 0 Å². The maximum Gasteiger partial charge on any atom is 0.00782 e. The molecule has 9 unspecified atom stereocenters. The molecule has 0 saturated heterocycles. The summed E-state index contributed by atoms with van der Waals surface area (Å²) in [6, 6.07) is 0.442. The molecule has 1 heteroatoms. The van der Waals surface area contributed by atoms with Crippen LogP contribution in [0, 0.1) is 57.7 Å². The van der Waals surface area contributed by atoms with Crippen LogP contribution in [0.25, 0.3) is 0 Å². The third kappa shape index (κ3) is 4.49. The number of fused-ring (bicyclic) bond motifs is 5. The third-order valence-corrected chi connectivity index (χ3v) is 12.7. The summed E-state index contributed by atoms with van der Waals surface area (Å²) in [4.78, 5) is 0. The van der Waals surface area contributed by atoms with Crippen LogP contribution in [-0.4, -0.2) is 6.04 Å². The summed E-state index contributed by atoms with van der Waals surface area (Å²) in [6.07, 6.45) is 20.1. The van der Waals surface area contributed by atoms with Crippen LogP contribution in [0.1, 0.15) is 138 Å². The van der Waals surface area contributed by atoms with Gasteiger partial charge in [0.05, 0.1) is 0 Å². The van der Waals surface area contributed by atoms with Crippen molar-refractivity contribution >= 4 is 0 Å². The molecule has 1 nitrogen and oxygen atoms in total. The molecule has 4 saturated carbocycles. The smallest absolute Gasteiger partial charge is 0.00782 e. The molecule has 33 heavy (non-hydrogen) atoms. The fourth-order valence-electron chi connectivity index (χ4n) is 10.7. The van der Waals surface area contributed by atoms with E-state index >= 15 is 0 Å². The van der Waals surface area contributed by atoms with E-state index in [9.17, 15) is 0 Å². The van der Waals surface area contributed by atoms with Crippen LogP contribution >= 0.6 is 0 Å². The number of hydrogen-bond acceptors (Lipinski definition) is 1. The van der Waals surface area contributed by atoms with Crippen molar-refractivity contribution in [2.24, 2.45) is 63.4 Å². The average molecular weight is 458 g/mol. The Morgan fingerprint density at radius 2 is 1.61 bits per heavy atom. The standard InChI is InChI=1S/C32H59N/c1-8-9-13-24-16-19-32(7)27-17-18-31(6)25(23(4)12-10-11-22(2)3)14-15-26(31)29(27)28(33)21-30(32,5)20-24/h22-29H,8-21,33H2,1-7H3/t23?,24?,25?,26?,27?,28?,29?,30-,31?,32?/m1/s1. The van der Waals surface area contributed by atoms with E-state index in [0.29, 0.717) is 22.3 Å². The summed E-state index contributed by atoms with van der Waals surface area (Å²) in [7, 11) is 0. The fraction of sp³-hybridized carbons (Fsp3) is 1.00. The van der Waals surface area contributed by atoms with E-state index in [1.165, 1.54) is 89.9 Å². The van der Waals surface area contributed by atoms with E-state index in [1.807, 2.05) is 0 Å². The molecule has 0 aromatic carbocycles. The fourth-order valence-corrected chi connectivity index (χ4v) is 10.7. The van der Waals surface area contributed by atoms with Crippen LogP contribution in [0.5, 0.6) is 0 Å². The van der Waals surface area contributed by atoms with Crippen molar-refractivity contribution in [2.75, 3.05) is 0 Å². The molecule has 0 heterocycles. The van der Waals surface area contributed by atoms with E-state index in [1.54, 1.807) is 0 Å². The van der Waals surface area contributed by atoms with E-state index < -0.39 is 0 Å². The molecule has 0 radical (unpaired) electrons. The minimum absolute atomic E-state index is 0.442. The van der Waals surface area contributed by atoms with Gasteiger partial charge in [-0.05, 0) is 109 Å². The summed E-state index contributed by atoms with van der Waals surface area (Å²) in [5, 5.41) is 0. The van der Waals surface area contributed by atoms with Gasteiger partial charge in [0.1, 0.15) is 0 Å². The highest BCUT2D eigenvalue weighted by Gasteiger charge is 2.65. The van der Waals surface area contributed by atoms with E-state index in [2.05, 4.69) is 48.5 Å². The minimum atomic E-state index is 0.442. The molecular formula is C32H59N. The lowest BCUT2D eigenvalue weighted by Crippen LogP contribution is -2.63. The zero-order valence-corrected chi connectivity index (χ0v) is 23.6. The largest absolute Gasteiger partial charge is 0.327 e. The second-order valence-electron chi connectivity index (χ2n) is 14.9. The number of rotatable bonds is 8. The molecule has 192 valence electrons. The minimum Gasteiger partial charge on any atom is -0.327 e. The van der Waals surface area contributed by atoms with Crippen molar-refractivity contribution < 1.29 is 0 Å². The zero-order chi connectivity index (χ0) is 24.0. The lowest BCUT2D eigenvalue weighted by molar-refractivity contribution is -0.171. The Morgan fingerprint density at radius 1 is 0.848 bits per heavy atom. The highest BCUT2D eigenvalue weighted by molar-refractivity contribution is 5.15. The van der Waals surface area contributed by atoms with E-state index in [4.69, 9.17) is 5.73 Å². The van der Waals surface area contributed by atoms with Gasteiger partial charge < -0.3 is 5.73 Å². The molecule has 4 fully saturated rings. The number of hydrogen-bond donors (Lipinski definition) is 1. The normalized spacial score (nSPS) is 48.3. The average Bonchev–Trinajstić information content (AvgIpc) is 3.10. The van der Waals surface area contributed by atoms with Crippen molar-refractivity contribution in [3.8, 4) is 0 Å². The monoisotopic (exact) mass is 457 g/mol. The molecule has 0 aliphatic heterocycles. The zero-order valence-electron chi connectivity index (χ0n) is 23.6. The lowest BCUT2D eigenvalue weighted by atomic mass is 9.38. The molecular weight excluding hydrogens is 398 g/mol. The lowest BCUT2D eigenvalue weighted by Gasteiger charge is -2.67. The molecule has 0 bridgehead atoms. The highest BCUT2D eigenvalue weighted by Crippen LogP contribution is 2.71. The molecule has 0 aromatic heterocycles. The van der Waals surface area contributed by atoms with Crippen LogP contribution in [0.15, 0.2) is 0 Å². The summed E-state index contributed by atoms with van der Waals surface area (Å²) in [5.41, 5.74) is 8.79. The molecule has 0 amide bonds. The molecule has 0 aromatic rings. The first-order chi connectivity index (χ1) is 15.6. The topological polar surface area (TPSA) is 26.0 Å².